The van der Waals surface area contributed by atoms with Crippen LogP contribution in [0.4, 0.5) is 0 Å². The molecule has 3 rings (SSSR count). The number of hydrogen-bond donors (Lipinski definition) is 0. The highest BCUT2D eigenvalue weighted by Crippen LogP contribution is 2.29. The molecule has 1 heterocycles. The molecular formula is C16H18N2O2. The van der Waals surface area contributed by atoms with Gasteiger partial charge in [0.25, 0.3) is 0 Å². The Morgan fingerprint density at radius 1 is 1.30 bits per heavy atom. The van der Waals surface area contributed by atoms with Gasteiger partial charge in [0.15, 0.2) is 5.78 Å². The van der Waals surface area contributed by atoms with Gasteiger partial charge in [-0.15, -0.1) is 0 Å². The van der Waals surface area contributed by atoms with Crippen LogP contribution in [0.1, 0.15) is 34.5 Å². The molecule has 2 aromatic rings. The second kappa shape index (κ2) is 5.49. The van der Waals surface area contributed by atoms with Gasteiger partial charge < -0.3 is 4.74 Å². The molecule has 1 aromatic carbocycles. The van der Waals surface area contributed by atoms with Crippen LogP contribution in [0.5, 0.6) is 5.75 Å². The molecule has 0 atom stereocenters. The quantitative estimate of drug-likeness (QED) is 0.857. The number of aryl methyl sites for hydroxylation is 1. The van der Waals surface area contributed by atoms with Crippen LogP contribution in [0.3, 0.4) is 0 Å². The number of ether oxygens (including phenoxy) is 1. The molecule has 0 saturated carbocycles. The molecule has 0 fully saturated rings. The lowest BCUT2D eigenvalue weighted by Gasteiger charge is -2.18. The summed E-state index contributed by atoms with van der Waals surface area (Å²) in [6.45, 7) is 0.601. The summed E-state index contributed by atoms with van der Waals surface area (Å²) < 4.78 is 7.74. The van der Waals surface area contributed by atoms with E-state index in [1.165, 1.54) is 0 Å². The molecule has 0 amide bonds. The van der Waals surface area contributed by atoms with E-state index in [1.54, 1.807) is 6.20 Å². The molecule has 0 spiro atoms. The Balaban J connectivity index is 1.70. The zero-order valence-corrected chi connectivity index (χ0v) is 11.6. The maximum absolute atomic E-state index is 11.9. The van der Waals surface area contributed by atoms with Gasteiger partial charge >= 0.3 is 0 Å². The van der Waals surface area contributed by atoms with Crippen molar-refractivity contribution in [2.45, 2.75) is 25.7 Å². The average molecular weight is 270 g/mol. The number of hydrogen-bond acceptors (Lipinski definition) is 3. The molecule has 1 aliphatic rings. The monoisotopic (exact) mass is 270 g/mol. The molecule has 0 unspecified atom stereocenters. The topological polar surface area (TPSA) is 44.1 Å². The van der Waals surface area contributed by atoms with Crippen molar-refractivity contribution in [3.63, 3.8) is 0 Å². The minimum atomic E-state index is 0.239. The Morgan fingerprint density at radius 2 is 2.20 bits per heavy atom. The Hall–Kier alpha value is -2.10. The van der Waals surface area contributed by atoms with Gasteiger partial charge in [-0.1, -0.05) is 12.1 Å². The SMILES string of the molecule is Cn1nccc1CCOc1cccc2c1CCCC2=O. The number of benzene rings is 1. The zero-order chi connectivity index (χ0) is 13.9. The van der Waals surface area contributed by atoms with E-state index < -0.39 is 0 Å². The molecule has 1 aliphatic carbocycles. The molecule has 0 saturated heterocycles. The van der Waals surface area contributed by atoms with Crippen LogP contribution in [0.15, 0.2) is 30.5 Å². The summed E-state index contributed by atoms with van der Waals surface area (Å²) in [4.78, 5) is 11.9. The smallest absolute Gasteiger partial charge is 0.163 e. The first-order chi connectivity index (χ1) is 9.75. The van der Waals surface area contributed by atoms with E-state index >= 15 is 0 Å². The summed E-state index contributed by atoms with van der Waals surface area (Å²) in [5.41, 5.74) is 3.06. The average Bonchev–Trinajstić information content (AvgIpc) is 2.86. The third-order valence-corrected chi connectivity index (χ3v) is 3.80. The second-order valence-corrected chi connectivity index (χ2v) is 5.10. The Bertz CT molecular complexity index is 631. The largest absolute Gasteiger partial charge is 0.493 e. The number of carbonyl (C=O) groups is 1. The summed E-state index contributed by atoms with van der Waals surface area (Å²) in [6, 6.07) is 7.76. The van der Waals surface area contributed by atoms with Gasteiger partial charge in [0.2, 0.25) is 0 Å². The summed E-state index contributed by atoms with van der Waals surface area (Å²) in [7, 11) is 1.93. The van der Waals surface area contributed by atoms with Crippen LogP contribution in [0.25, 0.3) is 0 Å². The summed E-state index contributed by atoms with van der Waals surface area (Å²) in [5, 5.41) is 4.14. The van der Waals surface area contributed by atoms with Crippen LogP contribution in [0.2, 0.25) is 0 Å². The molecule has 4 nitrogen and oxygen atoms in total. The van der Waals surface area contributed by atoms with Gasteiger partial charge in [-0.3, -0.25) is 9.48 Å². The lowest BCUT2D eigenvalue weighted by molar-refractivity contribution is 0.0971. The van der Waals surface area contributed by atoms with Gasteiger partial charge in [-0.25, -0.2) is 0 Å². The molecule has 0 aliphatic heterocycles. The van der Waals surface area contributed by atoms with Crippen molar-refractivity contribution >= 4 is 5.78 Å². The van der Waals surface area contributed by atoms with E-state index in [-0.39, 0.29) is 5.78 Å². The standard InChI is InChI=1S/C16H18N2O2/c1-18-12(8-10-17-18)9-11-20-16-7-3-4-13-14(16)5-2-6-15(13)19/h3-4,7-8,10H,2,5-6,9,11H2,1H3. The second-order valence-electron chi connectivity index (χ2n) is 5.10. The number of ketones is 1. The van der Waals surface area contributed by atoms with Crippen molar-refractivity contribution in [3.05, 3.63) is 47.3 Å². The normalized spacial score (nSPS) is 14.2. The number of Topliss-reactive ketones (excluding diaryl/α,β-unsaturated/α-hetero) is 1. The predicted octanol–water partition coefficient (Wildman–Crippen LogP) is 2.56. The van der Waals surface area contributed by atoms with Crippen molar-refractivity contribution in [2.75, 3.05) is 6.61 Å². The molecule has 0 bridgehead atoms. The maximum Gasteiger partial charge on any atom is 0.163 e. The summed E-state index contributed by atoms with van der Waals surface area (Å²) in [6.07, 6.45) is 5.12. The first-order valence-corrected chi connectivity index (χ1v) is 7.00. The number of nitrogens with zero attached hydrogens (tertiary/aromatic N) is 2. The lowest BCUT2D eigenvalue weighted by Crippen LogP contribution is -2.13. The molecule has 104 valence electrons. The Morgan fingerprint density at radius 3 is 3.00 bits per heavy atom. The van der Waals surface area contributed by atoms with Gasteiger partial charge in [-0.2, -0.15) is 5.10 Å². The molecule has 1 aromatic heterocycles. The van der Waals surface area contributed by atoms with Crippen molar-refractivity contribution in [2.24, 2.45) is 7.05 Å². The molecule has 0 radical (unpaired) electrons. The van der Waals surface area contributed by atoms with Crippen LogP contribution in [-0.2, 0) is 19.9 Å². The minimum absolute atomic E-state index is 0.239. The van der Waals surface area contributed by atoms with E-state index in [0.717, 1.165) is 41.8 Å². The van der Waals surface area contributed by atoms with Gasteiger partial charge in [-0.05, 0) is 25.0 Å². The minimum Gasteiger partial charge on any atom is -0.493 e. The van der Waals surface area contributed by atoms with E-state index in [9.17, 15) is 4.79 Å². The van der Waals surface area contributed by atoms with Gasteiger partial charge in [0.1, 0.15) is 5.75 Å². The van der Waals surface area contributed by atoms with Crippen LogP contribution in [-0.4, -0.2) is 22.2 Å². The number of rotatable bonds is 4. The van der Waals surface area contributed by atoms with E-state index in [0.29, 0.717) is 13.0 Å². The molecule has 0 N–H and O–H groups in total. The highest BCUT2D eigenvalue weighted by atomic mass is 16.5. The molecule has 20 heavy (non-hydrogen) atoms. The van der Waals surface area contributed by atoms with Crippen molar-refractivity contribution < 1.29 is 9.53 Å². The molecular weight excluding hydrogens is 252 g/mol. The number of aromatic nitrogens is 2. The van der Waals surface area contributed by atoms with E-state index in [1.807, 2.05) is 36.0 Å². The lowest BCUT2D eigenvalue weighted by atomic mass is 9.90. The van der Waals surface area contributed by atoms with E-state index in [2.05, 4.69) is 5.10 Å². The fourth-order valence-electron chi connectivity index (χ4n) is 2.69. The first-order valence-electron chi connectivity index (χ1n) is 7.00. The highest BCUT2D eigenvalue weighted by molar-refractivity contribution is 5.99. The summed E-state index contributed by atoms with van der Waals surface area (Å²) >= 11 is 0. The fraction of sp³-hybridized carbons (Fsp3) is 0.375. The third-order valence-electron chi connectivity index (χ3n) is 3.80. The van der Waals surface area contributed by atoms with Crippen molar-refractivity contribution in [3.8, 4) is 5.75 Å². The van der Waals surface area contributed by atoms with Crippen molar-refractivity contribution in [1.29, 1.82) is 0 Å². The Labute approximate surface area is 118 Å². The third kappa shape index (κ3) is 2.46. The van der Waals surface area contributed by atoms with Crippen LogP contribution in [0, 0.1) is 0 Å². The summed E-state index contributed by atoms with van der Waals surface area (Å²) in [5.74, 6) is 1.10. The van der Waals surface area contributed by atoms with Crippen LogP contribution < -0.4 is 4.74 Å². The van der Waals surface area contributed by atoms with Gasteiger partial charge in [0.05, 0.1) is 6.61 Å². The Kier molecular flexibility index (Phi) is 3.54. The fourth-order valence-corrected chi connectivity index (χ4v) is 2.69. The predicted molar refractivity (Wildman–Crippen MR) is 76.1 cm³/mol. The van der Waals surface area contributed by atoms with Crippen LogP contribution >= 0.6 is 0 Å². The zero-order valence-electron chi connectivity index (χ0n) is 11.6. The van der Waals surface area contributed by atoms with E-state index in [4.69, 9.17) is 4.74 Å². The molecule has 4 heteroatoms. The maximum atomic E-state index is 11.9. The highest BCUT2D eigenvalue weighted by Gasteiger charge is 2.20. The number of carbonyl (C=O) groups excluding carboxylic acids is 1. The van der Waals surface area contributed by atoms with Crippen molar-refractivity contribution in [1.82, 2.24) is 9.78 Å². The van der Waals surface area contributed by atoms with Gasteiger partial charge in [0, 0.05) is 42.9 Å². The first kappa shape index (κ1) is 12.9. The number of fused-ring (bicyclic) bond motifs is 1.